The van der Waals surface area contributed by atoms with E-state index in [-0.39, 0.29) is 5.56 Å². The highest BCUT2D eigenvalue weighted by atomic mass is 16.1. The molecule has 2 aromatic heterocycles. The lowest BCUT2D eigenvalue weighted by atomic mass is 10.4. The molecule has 0 aromatic carbocycles. The van der Waals surface area contributed by atoms with Crippen molar-refractivity contribution in [1.29, 1.82) is 0 Å². The molecule has 0 amide bonds. The van der Waals surface area contributed by atoms with E-state index in [1.165, 1.54) is 16.7 Å². The van der Waals surface area contributed by atoms with E-state index >= 15 is 0 Å². The third-order valence-electron chi connectivity index (χ3n) is 1.61. The fraction of sp³-hybridized carbons (Fsp3) is 0. The van der Waals surface area contributed by atoms with Gasteiger partial charge in [0.1, 0.15) is 5.65 Å². The van der Waals surface area contributed by atoms with Crippen LogP contribution >= 0.6 is 0 Å². The lowest BCUT2D eigenvalue weighted by Gasteiger charge is -1.98. The van der Waals surface area contributed by atoms with Crippen LogP contribution in [0.5, 0.6) is 0 Å². The Labute approximate surface area is 68.3 Å². The van der Waals surface area contributed by atoms with Gasteiger partial charge in [-0.2, -0.15) is 0 Å². The molecular formula is C8H7N3O. The minimum absolute atomic E-state index is 0.118. The van der Waals surface area contributed by atoms with Crippen molar-refractivity contribution < 1.29 is 0 Å². The Kier molecular flexibility index (Phi) is 1.33. The summed E-state index contributed by atoms with van der Waals surface area (Å²) in [6.07, 6.45) is 3.04. The second kappa shape index (κ2) is 2.34. The van der Waals surface area contributed by atoms with Crippen LogP contribution in [0.2, 0.25) is 0 Å². The highest BCUT2D eigenvalue weighted by molar-refractivity contribution is 5.46. The average molecular weight is 161 g/mol. The lowest BCUT2D eigenvalue weighted by molar-refractivity contribution is 1.05. The van der Waals surface area contributed by atoms with E-state index < -0.39 is 0 Å². The number of pyridine rings is 1. The molecule has 0 aliphatic rings. The molecule has 0 spiro atoms. The van der Waals surface area contributed by atoms with E-state index in [9.17, 15) is 4.79 Å². The van der Waals surface area contributed by atoms with Crippen molar-refractivity contribution in [2.75, 3.05) is 5.73 Å². The Morgan fingerprint density at radius 1 is 1.33 bits per heavy atom. The number of nitrogens with zero attached hydrogens (tertiary/aromatic N) is 2. The maximum atomic E-state index is 11.2. The minimum atomic E-state index is -0.118. The van der Waals surface area contributed by atoms with Crippen LogP contribution in [0.15, 0.2) is 35.4 Å². The van der Waals surface area contributed by atoms with Crippen LogP contribution in [0.4, 0.5) is 5.69 Å². The van der Waals surface area contributed by atoms with Crippen molar-refractivity contribution >= 4 is 11.3 Å². The molecule has 0 saturated heterocycles. The molecule has 2 N–H and O–H groups in total. The second-order valence-corrected chi connectivity index (χ2v) is 2.47. The molecule has 0 aliphatic carbocycles. The Balaban J connectivity index is 2.98. The number of anilines is 1. The molecule has 0 unspecified atom stereocenters. The molecule has 0 fully saturated rings. The SMILES string of the molecule is Nc1ccc2nccc(=O)n2c1. The van der Waals surface area contributed by atoms with Crippen molar-refractivity contribution in [3.05, 3.63) is 40.9 Å². The van der Waals surface area contributed by atoms with E-state index in [0.717, 1.165) is 0 Å². The largest absolute Gasteiger partial charge is 0.398 e. The molecular weight excluding hydrogens is 154 g/mol. The van der Waals surface area contributed by atoms with Crippen LogP contribution in [-0.2, 0) is 0 Å². The number of fused-ring (bicyclic) bond motifs is 1. The summed E-state index contributed by atoms with van der Waals surface area (Å²) in [6, 6.07) is 4.81. The second-order valence-electron chi connectivity index (χ2n) is 2.47. The first-order valence-corrected chi connectivity index (χ1v) is 3.50. The fourth-order valence-corrected chi connectivity index (χ4v) is 1.05. The Morgan fingerprint density at radius 3 is 3.00 bits per heavy atom. The number of nitrogen functional groups attached to an aromatic ring is 1. The third kappa shape index (κ3) is 0.934. The summed E-state index contributed by atoms with van der Waals surface area (Å²) < 4.78 is 1.41. The van der Waals surface area contributed by atoms with Crippen molar-refractivity contribution in [3.63, 3.8) is 0 Å². The first-order chi connectivity index (χ1) is 5.77. The summed E-state index contributed by atoms with van der Waals surface area (Å²) in [5, 5.41) is 0. The maximum absolute atomic E-state index is 11.2. The normalized spacial score (nSPS) is 10.3. The molecule has 0 radical (unpaired) electrons. The molecule has 2 aromatic rings. The van der Waals surface area contributed by atoms with E-state index in [1.54, 1.807) is 18.3 Å². The Hall–Kier alpha value is -1.84. The zero-order valence-corrected chi connectivity index (χ0v) is 6.27. The summed E-state index contributed by atoms with van der Waals surface area (Å²) >= 11 is 0. The summed E-state index contributed by atoms with van der Waals surface area (Å²) in [4.78, 5) is 15.2. The van der Waals surface area contributed by atoms with E-state index in [4.69, 9.17) is 5.73 Å². The summed E-state index contributed by atoms with van der Waals surface area (Å²) in [5.74, 6) is 0. The maximum Gasteiger partial charge on any atom is 0.257 e. The average Bonchev–Trinajstić information content (AvgIpc) is 2.07. The predicted molar refractivity (Wildman–Crippen MR) is 45.9 cm³/mol. The zero-order valence-electron chi connectivity index (χ0n) is 6.27. The number of hydrogen-bond acceptors (Lipinski definition) is 3. The van der Waals surface area contributed by atoms with Crippen LogP contribution < -0.4 is 11.3 Å². The molecule has 0 aliphatic heterocycles. The van der Waals surface area contributed by atoms with Crippen LogP contribution in [0, 0.1) is 0 Å². The van der Waals surface area contributed by atoms with Crippen LogP contribution in [0.25, 0.3) is 5.65 Å². The molecule has 0 bridgehead atoms. The van der Waals surface area contributed by atoms with Crippen LogP contribution in [0.3, 0.4) is 0 Å². The summed E-state index contributed by atoms with van der Waals surface area (Å²) in [6.45, 7) is 0. The monoisotopic (exact) mass is 161 g/mol. The predicted octanol–water partition coefficient (Wildman–Crippen LogP) is 0.277. The third-order valence-corrected chi connectivity index (χ3v) is 1.61. The quantitative estimate of drug-likeness (QED) is 0.603. The van der Waals surface area contributed by atoms with Gasteiger partial charge in [-0.3, -0.25) is 9.20 Å². The van der Waals surface area contributed by atoms with E-state index in [1.807, 2.05) is 0 Å². The molecule has 2 heterocycles. The standard InChI is InChI=1S/C8H7N3O/c9-6-1-2-7-10-4-3-8(12)11(7)5-6/h1-5H,9H2. The molecule has 0 atom stereocenters. The Morgan fingerprint density at radius 2 is 2.17 bits per heavy atom. The van der Waals surface area contributed by atoms with Crippen molar-refractivity contribution in [3.8, 4) is 0 Å². The molecule has 0 saturated carbocycles. The van der Waals surface area contributed by atoms with Gasteiger partial charge < -0.3 is 5.73 Å². The number of hydrogen-bond donors (Lipinski definition) is 1. The lowest BCUT2D eigenvalue weighted by Crippen LogP contribution is -2.12. The smallest absolute Gasteiger partial charge is 0.257 e. The summed E-state index contributed by atoms with van der Waals surface area (Å²) in [7, 11) is 0. The van der Waals surface area contributed by atoms with Gasteiger partial charge in [0.15, 0.2) is 0 Å². The molecule has 60 valence electrons. The van der Waals surface area contributed by atoms with Gasteiger partial charge in [-0.15, -0.1) is 0 Å². The van der Waals surface area contributed by atoms with Gasteiger partial charge in [-0.25, -0.2) is 4.98 Å². The molecule has 2 rings (SSSR count). The number of nitrogens with two attached hydrogens (primary N) is 1. The van der Waals surface area contributed by atoms with E-state index in [0.29, 0.717) is 11.3 Å². The van der Waals surface area contributed by atoms with Gasteiger partial charge >= 0.3 is 0 Å². The highest BCUT2D eigenvalue weighted by Crippen LogP contribution is 2.01. The molecule has 4 heteroatoms. The first kappa shape index (κ1) is 6.84. The Bertz CT molecular complexity index is 475. The minimum Gasteiger partial charge on any atom is -0.398 e. The first-order valence-electron chi connectivity index (χ1n) is 3.50. The fourth-order valence-electron chi connectivity index (χ4n) is 1.05. The van der Waals surface area contributed by atoms with Gasteiger partial charge in [0, 0.05) is 24.1 Å². The van der Waals surface area contributed by atoms with Crippen molar-refractivity contribution in [2.24, 2.45) is 0 Å². The molecule has 4 nitrogen and oxygen atoms in total. The van der Waals surface area contributed by atoms with Crippen LogP contribution in [-0.4, -0.2) is 9.38 Å². The highest BCUT2D eigenvalue weighted by Gasteiger charge is 1.94. The van der Waals surface area contributed by atoms with E-state index in [2.05, 4.69) is 4.98 Å². The van der Waals surface area contributed by atoms with Crippen molar-refractivity contribution in [2.45, 2.75) is 0 Å². The van der Waals surface area contributed by atoms with Gasteiger partial charge in [-0.05, 0) is 12.1 Å². The van der Waals surface area contributed by atoms with Crippen molar-refractivity contribution in [1.82, 2.24) is 9.38 Å². The summed E-state index contributed by atoms with van der Waals surface area (Å²) in [5.41, 5.74) is 6.55. The molecule has 12 heavy (non-hydrogen) atoms. The van der Waals surface area contributed by atoms with Crippen LogP contribution in [0.1, 0.15) is 0 Å². The van der Waals surface area contributed by atoms with Gasteiger partial charge in [0.2, 0.25) is 0 Å². The number of rotatable bonds is 0. The topological polar surface area (TPSA) is 60.4 Å². The zero-order chi connectivity index (χ0) is 8.55. The number of aromatic nitrogens is 2. The van der Waals surface area contributed by atoms with Gasteiger partial charge in [0.25, 0.3) is 5.56 Å². The van der Waals surface area contributed by atoms with Gasteiger partial charge in [0.05, 0.1) is 0 Å². The van der Waals surface area contributed by atoms with Gasteiger partial charge in [-0.1, -0.05) is 0 Å².